The van der Waals surface area contributed by atoms with Gasteiger partial charge in [-0.15, -0.1) is 0 Å². The van der Waals surface area contributed by atoms with Crippen molar-refractivity contribution in [3.05, 3.63) is 53.3 Å². The van der Waals surface area contributed by atoms with E-state index in [1.165, 1.54) is 0 Å². The summed E-state index contributed by atoms with van der Waals surface area (Å²) in [5.74, 6) is -0.0630. The van der Waals surface area contributed by atoms with Crippen LogP contribution in [0.3, 0.4) is 0 Å². The molecule has 5 nitrogen and oxygen atoms in total. The summed E-state index contributed by atoms with van der Waals surface area (Å²) >= 11 is 0. The number of hydrogen-bond acceptors (Lipinski definition) is 4. The molecule has 1 amide bonds. The molecule has 0 radical (unpaired) electrons. The second kappa shape index (κ2) is 6.77. The maximum Gasteiger partial charge on any atom is 0.494 e. The lowest BCUT2D eigenvalue weighted by Gasteiger charge is -2.32. The molecule has 0 unspecified atom stereocenters. The third-order valence-electron chi connectivity index (χ3n) is 5.56. The van der Waals surface area contributed by atoms with E-state index < -0.39 is 7.12 Å². The molecule has 142 valence electrons. The third kappa shape index (κ3) is 3.64. The number of carbonyl (C=O) groups is 1. The fourth-order valence-electron chi connectivity index (χ4n) is 3.16. The van der Waals surface area contributed by atoms with Crippen LogP contribution in [0.4, 0.5) is 5.69 Å². The van der Waals surface area contributed by atoms with E-state index in [4.69, 9.17) is 9.31 Å². The van der Waals surface area contributed by atoms with Crippen molar-refractivity contribution in [3.8, 4) is 0 Å². The second-order valence-corrected chi connectivity index (χ2v) is 8.18. The number of rotatable bonds is 3. The molecule has 1 saturated heterocycles. The zero-order valence-corrected chi connectivity index (χ0v) is 17.2. The molecular weight excluding hydrogens is 339 g/mol. The molecule has 6 heteroatoms. The van der Waals surface area contributed by atoms with Crippen molar-refractivity contribution < 1.29 is 14.1 Å². The van der Waals surface area contributed by atoms with E-state index in [9.17, 15) is 4.79 Å². The lowest BCUT2D eigenvalue weighted by atomic mass is 9.78. The quantitative estimate of drug-likeness (QED) is 0.783. The summed E-state index contributed by atoms with van der Waals surface area (Å²) in [6, 6.07) is 9.47. The molecule has 1 aromatic heterocycles. The smallest absolute Gasteiger partial charge is 0.399 e. The Morgan fingerprint density at radius 2 is 1.67 bits per heavy atom. The zero-order chi connectivity index (χ0) is 20.0. The summed E-state index contributed by atoms with van der Waals surface area (Å²) in [6.07, 6.45) is 1.66. The maximum atomic E-state index is 12.8. The summed E-state index contributed by atoms with van der Waals surface area (Å²) in [4.78, 5) is 18.6. The lowest BCUT2D eigenvalue weighted by Crippen LogP contribution is -2.41. The Balaban J connectivity index is 1.84. The van der Waals surface area contributed by atoms with E-state index in [-0.39, 0.29) is 17.1 Å². The molecule has 1 fully saturated rings. The van der Waals surface area contributed by atoms with Gasteiger partial charge in [-0.1, -0.05) is 12.1 Å². The van der Waals surface area contributed by atoms with Crippen LogP contribution < -0.4 is 10.4 Å². The number of hydrogen-bond donors (Lipinski definition) is 0. The SMILES string of the molecule is Cc1cc(C(=O)N(C)c2ccc(B3OC(C)(C)C(C)(C)O3)cc2C)ccn1. The fraction of sp³-hybridized carbons (Fsp3) is 0.429. The van der Waals surface area contributed by atoms with Gasteiger partial charge in [-0.3, -0.25) is 9.78 Å². The molecule has 0 N–H and O–H groups in total. The first-order valence-electron chi connectivity index (χ1n) is 9.19. The summed E-state index contributed by atoms with van der Waals surface area (Å²) in [7, 11) is 1.38. The summed E-state index contributed by atoms with van der Waals surface area (Å²) in [5, 5.41) is 0. The average molecular weight is 366 g/mol. The molecule has 27 heavy (non-hydrogen) atoms. The lowest BCUT2D eigenvalue weighted by molar-refractivity contribution is 0.00578. The van der Waals surface area contributed by atoms with Crippen LogP contribution in [-0.4, -0.2) is 36.3 Å². The van der Waals surface area contributed by atoms with Crippen LogP contribution in [0.25, 0.3) is 0 Å². The topological polar surface area (TPSA) is 51.7 Å². The van der Waals surface area contributed by atoms with Gasteiger partial charge in [-0.05, 0) is 70.8 Å². The molecule has 1 aliphatic heterocycles. The fourth-order valence-corrected chi connectivity index (χ4v) is 3.16. The number of carbonyl (C=O) groups excluding carboxylic acids is 1. The molecule has 2 aromatic rings. The average Bonchev–Trinajstić information content (AvgIpc) is 2.81. The number of benzene rings is 1. The number of aromatic nitrogens is 1. The number of nitrogens with zero attached hydrogens (tertiary/aromatic N) is 2. The van der Waals surface area contributed by atoms with Crippen LogP contribution >= 0.6 is 0 Å². The monoisotopic (exact) mass is 366 g/mol. The van der Waals surface area contributed by atoms with Gasteiger partial charge in [0.1, 0.15) is 0 Å². The van der Waals surface area contributed by atoms with Crippen molar-refractivity contribution in [2.75, 3.05) is 11.9 Å². The van der Waals surface area contributed by atoms with Gasteiger partial charge in [-0.2, -0.15) is 0 Å². The molecule has 0 atom stereocenters. The van der Waals surface area contributed by atoms with Gasteiger partial charge in [0.25, 0.3) is 5.91 Å². The molecule has 0 bridgehead atoms. The molecule has 2 heterocycles. The van der Waals surface area contributed by atoms with Crippen LogP contribution in [-0.2, 0) is 9.31 Å². The number of amides is 1. The minimum absolute atomic E-state index is 0.0630. The van der Waals surface area contributed by atoms with E-state index in [2.05, 4.69) is 4.98 Å². The second-order valence-electron chi connectivity index (χ2n) is 8.18. The first-order chi connectivity index (χ1) is 12.5. The highest BCUT2D eigenvalue weighted by Crippen LogP contribution is 2.36. The Morgan fingerprint density at radius 1 is 1.04 bits per heavy atom. The molecule has 0 aliphatic carbocycles. The van der Waals surface area contributed by atoms with E-state index in [0.717, 1.165) is 22.4 Å². The van der Waals surface area contributed by atoms with E-state index >= 15 is 0 Å². The first-order valence-corrected chi connectivity index (χ1v) is 9.19. The predicted octanol–water partition coefficient (Wildman–Crippen LogP) is 3.27. The van der Waals surface area contributed by atoms with Gasteiger partial charge in [-0.25, -0.2) is 0 Å². The van der Waals surface area contributed by atoms with Crippen molar-refractivity contribution >= 4 is 24.2 Å². The van der Waals surface area contributed by atoms with Crippen LogP contribution in [0.2, 0.25) is 0 Å². The standard InChI is InChI=1S/C21H27BN2O3/c1-14-12-17(22-26-20(3,4)21(5,6)27-22)8-9-18(14)24(7)19(25)16-10-11-23-15(2)13-16/h8-13H,1-7H3. The normalized spacial score (nSPS) is 17.8. The molecule has 1 aromatic carbocycles. The Kier molecular flexibility index (Phi) is 4.91. The van der Waals surface area contributed by atoms with Gasteiger partial charge in [0, 0.05) is 30.2 Å². The Labute approximate surface area is 161 Å². The molecule has 1 aliphatic rings. The molecular formula is C21H27BN2O3. The molecule has 0 spiro atoms. The zero-order valence-electron chi connectivity index (χ0n) is 17.2. The van der Waals surface area contributed by atoms with Gasteiger partial charge in [0.15, 0.2) is 0 Å². The molecule has 3 rings (SSSR count). The van der Waals surface area contributed by atoms with Crippen LogP contribution in [0.1, 0.15) is 49.3 Å². The van der Waals surface area contributed by atoms with Gasteiger partial charge in [0.2, 0.25) is 0 Å². The Morgan fingerprint density at radius 3 is 2.22 bits per heavy atom. The Bertz CT molecular complexity index is 863. The third-order valence-corrected chi connectivity index (χ3v) is 5.56. The van der Waals surface area contributed by atoms with E-state index in [0.29, 0.717) is 5.56 Å². The molecule has 0 saturated carbocycles. The maximum absolute atomic E-state index is 12.8. The largest absolute Gasteiger partial charge is 0.494 e. The highest BCUT2D eigenvalue weighted by atomic mass is 16.7. The van der Waals surface area contributed by atoms with Crippen molar-refractivity contribution in [2.45, 2.75) is 52.7 Å². The van der Waals surface area contributed by atoms with Gasteiger partial charge >= 0.3 is 7.12 Å². The van der Waals surface area contributed by atoms with Crippen molar-refractivity contribution in [1.82, 2.24) is 4.98 Å². The summed E-state index contributed by atoms with van der Waals surface area (Å²) in [6.45, 7) is 12.0. The van der Waals surface area contributed by atoms with Gasteiger partial charge < -0.3 is 14.2 Å². The van der Waals surface area contributed by atoms with Gasteiger partial charge in [0.05, 0.1) is 11.2 Å². The summed E-state index contributed by atoms with van der Waals surface area (Å²) in [5.41, 5.74) is 3.49. The minimum Gasteiger partial charge on any atom is -0.399 e. The number of aryl methyl sites for hydroxylation is 2. The Hall–Kier alpha value is -2.18. The van der Waals surface area contributed by atoms with E-state index in [1.807, 2.05) is 59.7 Å². The van der Waals surface area contributed by atoms with Crippen molar-refractivity contribution in [3.63, 3.8) is 0 Å². The highest BCUT2D eigenvalue weighted by molar-refractivity contribution is 6.62. The highest BCUT2D eigenvalue weighted by Gasteiger charge is 2.51. The van der Waals surface area contributed by atoms with Crippen LogP contribution in [0.5, 0.6) is 0 Å². The van der Waals surface area contributed by atoms with E-state index in [1.54, 1.807) is 30.3 Å². The first kappa shape index (κ1) is 19.6. The minimum atomic E-state index is -0.411. The summed E-state index contributed by atoms with van der Waals surface area (Å²) < 4.78 is 12.3. The van der Waals surface area contributed by atoms with Crippen molar-refractivity contribution in [2.24, 2.45) is 0 Å². The van der Waals surface area contributed by atoms with Crippen LogP contribution in [0, 0.1) is 13.8 Å². The number of anilines is 1. The predicted molar refractivity (Wildman–Crippen MR) is 109 cm³/mol. The number of pyridine rings is 1. The van der Waals surface area contributed by atoms with Crippen molar-refractivity contribution in [1.29, 1.82) is 0 Å². The van der Waals surface area contributed by atoms with Crippen LogP contribution in [0.15, 0.2) is 36.5 Å².